The van der Waals surface area contributed by atoms with Crippen molar-refractivity contribution in [1.82, 2.24) is 0 Å². The van der Waals surface area contributed by atoms with E-state index in [0.717, 1.165) is 30.4 Å². The molecule has 1 aliphatic carbocycles. The molecule has 1 aliphatic rings. The second kappa shape index (κ2) is 7.02. The van der Waals surface area contributed by atoms with Gasteiger partial charge in [0.15, 0.2) is 5.78 Å². The highest BCUT2D eigenvalue weighted by Gasteiger charge is 2.27. The van der Waals surface area contributed by atoms with Gasteiger partial charge in [-0.3, -0.25) is 4.79 Å². The van der Waals surface area contributed by atoms with Crippen LogP contribution in [-0.4, -0.2) is 11.5 Å². The first-order valence-electron chi connectivity index (χ1n) is 8.00. The molecule has 0 aromatic heterocycles. The Labute approximate surface area is 127 Å². The fraction of sp³-hybridized carbons (Fsp3) is 0.526. The first-order chi connectivity index (χ1) is 10.0. The Balaban J connectivity index is 2.08. The maximum atomic E-state index is 14.9. The van der Waals surface area contributed by atoms with E-state index in [-0.39, 0.29) is 11.7 Å². The maximum absolute atomic E-state index is 14.9. The van der Waals surface area contributed by atoms with Crippen LogP contribution in [0.25, 0.3) is 0 Å². The molecule has 0 N–H and O–H groups in total. The fourth-order valence-electron chi connectivity index (χ4n) is 2.84. The molecule has 0 aliphatic heterocycles. The summed E-state index contributed by atoms with van der Waals surface area (Å²) in [4.78, 5) is 11.9. The van der Waals surface area contributed by atoms with E-state index >= 15 is 0 Å². The van der Waals surface area contributed by atoms with Crippen LogP contribution in [0.5, 0.6) is 0 Å². The number of carbonyl (C=O) groups excluding carboxylic acids is 1. The summed E-state index contributed by atoms with van der Waals surface area (Å²) in [6.07, 6.45) is 8.93. The standard InChI is InChI=1S/C19H25FO/c1-15(2)18(21)17-10-8-16(9-11-17)14-19(20)12-6-4-3-5-7-13-19/h6,8-12,15H,3-5,7,13-14H2,1-2H3/b12-6-. The zero-order valence-corrected chi connectivity index (χ0v) is 13.1. The molecule has 1 nitrogen and oxygen atoms in total. The third-order valence-corrected chi connectivity index (χ3v) is 4.14. The van der Waals surface area contributed by atoms with Crippen LogP contribution in [0.4, 0.5) is 4.39 Å². The van der Waals surface area contributed by atoms with E-state index in [1.165, 1.54) is 6.42 Å². The maximum Gasteiger partial charge on any atom is 0.165 e. The van der Waals surface area contributed by atoms with Crippen molar-refractivity contribution in [3.8, 4) is 0 Å². The monoisotopic (exact) mass is 288 g/mol. The van der Waals surface area contributed by atoms with Crippen LogP contribution in [0.2, 0.25) is 0 Å². The summed E-state index contributed by atoms with van der Waals surface area (Å²) in [5.41, 5.74) is 0.446. The van der Waals surface area contributed by atoms with E-state index in [2.05, 4.69) is 0 Å². The van der Waals surface area contributed by atoms with E-state index in [0.29, 0.717) is 12.8 Å². The largest absolute Gasteiger partial charge is 0.294 e. The van der Waals surface area contributed by atoms with Crippen LogP contribution in [0.15, 0.2) is 36.4 Å². The van der Waals surface area contributed by atoms with E-state index in [1.807, 2.05) is 44.2 Å². The fourth-order valence-corrected chi connectivity index (χ4v) is 2.84. The molecule has 2 heteroatoms. The molecule has 0 amide bonds. The molecule has 0 saturated carbocycles. The molecule has 0 saturated heterocycles. The van der Waals surface area contributed by atoms with Gasteiger partial charge in [0, 0.05) is 17.9 Å². The molecular weight excluding hydrogens is 263 g/mol. The zero-order chi connectivity index (χ0) is 15.3. The van der Waals surface area contributed by atoms with E-state index in [4.69, 9.17) is 0 Å². The average molecular weight is 288 g/mol. The van der Waals surface area contributed by atoms with Gasteiger partial charge in [-0.05, 0) is 31.2 Å². The third kappa shape index (κ3) is 4.52. The Bertz CT molecular complexity index is 501. The average Bonchev–Trinajstić information content (AvgIpc) is 2.43. The number of hydrogen-bond acceptors (Lipinski definition) is 1. The van der Waals surface area contributed by atoms with Crippen LogP contribution >= 0.6 is 0 Å². The summed E-state index contributed by atoms with van der Waals surface area (Å²) >= 11 is 0. The lowest BCUT2D eigenvalue weighted by Gasteiger charge is -2.23. The van der Waals surface area contributed by atoms with Crippen LogP contribution in [0.3, 0.4) is 0 Å². The highest BCUT2D eigenvalue weighted by Crippen LogP contribution is 2.29. The molecule has 1 aromatic carbocycles. The van der Waals surface area contributed by atoms with Crippen molar-refractivity contribution in [3.05, 3.63) is 47.5 Å². The molecule has 114 valence electrons. The number of halogens is 1. The van der Waals surface area contributed by atoms with Gasteiger partial charge in [0.2, 0.25) is 0 Å². The summed E-state index contributed by atoms with van der Waals surface area (Å²) in [5.74, 6) is 0.138. The first kappa shape index (κ1) is 15.9. The molecule has 0 bridgehead atoms. The minimum absolute atomic E-state index is 0.00286. The van der Waals surface area contributed by atoms with Gasteiger partial charge < -0.3 is 0 Å². The number of hydrogen-bond donors (Lipinski definition) is 0. The van der Waals surface area contributed by atoms with Crippen LogP contribution in [0, 0.1) is 5.92 Å². The SMILES string of the molecule is CC(C)C(=O)c1ccc(CC2(F)/C=C\CCCCC2)cc1. The van der Waals surface area contributed by atoms with Crippen molar-refractivity contribution in [1.29, 1.82) is 0 Å². The van der Waals surface area contributed by atoms with Crippen molar-refractivity contribution < 1.29 is 9.18 Å². The number of carbonyl (C=O) groups is 1. The van der Waals surface area contributed by atoms with E-state index in [9.17, 15) is 9.18 Å². The molecule has 0 spiro atoms. The number of rotatable bonds is 4. The minimum Gasteiger partial charge on any atom is -0.294 e. The van der Waals surface area contributed by atoms with Gasteiger partial charge in [0.1, 0.15) is 5.67 Å². The molecule has 0 heterocycles. The van der Waals surface area contributed by atoms with Crippen LogP contribution in [0.1, 0.15) is 61.9 Å². The van der Waals surface area contributed by atoms with Gasteiger partial charge in [0.05, 0.1) is 0 Å². The quantitative estimate of drug-likeness (QED) is 0.543. The summed E-state index contributed by atoms with van der Waals surface area (Å²) in [6, 6.07) is 7.44. The Morgan fingerprint density at radius 3 is 2.57 bits per heavy atom. The third-order valence-electron chi connectivity index (χ3n) is 4.14. The molecule has 1 unspecified atom stereocenters. The molecule has 21 heavy (non-hydrogen) atoms. The zero-order valence-electron chi connectivity index (χ0n) is 13.1. The summed E-state index contributed by atoms with van der Waals surface area (Å²) in [6.45, 7) is 3.79. The van der Waals surface area contributed by atoms with E-state index < -0.39 is 5.67 Å². The molecular formula is C19H25FO. The Hall–Kier alpha value is -1.44. The summed E-state index contributed by atoms with van der Waals surface area (Å²) in [7, 11) is 0. The Morgan fingerprint density at radius 1 is 1.19 bits per heavy atom. The smallest absolute Gasteiger partial charge is 0.165 e. The molecule has 1 aromatic rings. The normalized spacial score (nSPS) is 24.4. The Kier molecular flexibility index (Phi) is 5.33. The predicted octanol–water partition coefficient (Wildman–Crippen LogP) is 5.30. The van der Waals surface area contributed by atoms with Gasteiger partial charge in [-0.15, -0.1) is 0 Å². The lowest BCUT2D eigenvalue weighted by atomic mass is 9.87. The second-order valence-corrected chi connectivity index (χ2v) is 6.43. The van der Waals surface area contributed by atoms with Crippen molar-refractivity contribution >= 4 is 5.78 Å². The number of Topliss-reactive ketones (excluding diaryl/α,β-unsaturated/α-hetero) is 1. The highest BCUT2D eigenvalue weighted by molar-refractivity contribution is 5.97. The number of benzene rings is 1. The number of ketones is 1. The first-order valence-corrected chi connectivity index (χ1v) is 8.00. The minimum atomic E-state index is -1.23. The summed E-state index contributed by atoms with van der Waals surface area (Å²) in [5, 5.41) is 0. The van der Waals surface area contributed by atoms with Crippen molar-refractivity contribution in [3.63, 3.8) is 0 Å². The molecule has 1 atom stereocenters. The van der Waals surface area contributed by atoms with Gasteiger partial charge in [0.25, 0.3) is 0 Å². The van der Waals surface area contributed by atoms with Crippen molar-refractivity contribution in [2.24, 2.45) is 5.92 Å². The predicted molar refractivity (Wildman–Crippen MR) is 85.4 cm³/mol. The topological polar surface area (TPSA) is 17.1 Å². The lowest BCUT2D eigenvalue weighted by Crippen LogP contribution is -2.24. The lowest BCUT2D eigenvalue weighted by molar-refractivity contribution is 0.0939. The van der Waals surface area contributed by atoms with Crippen LogP contribution < -0.4 is 0 Å². The summed E-state index contributed by atoms with van der Waals surface area (Å²) < 4.78 is 14.9. The van der Waals surface area contributed by atoms with Crippen molar-refractivity contribution in [2.75, 3.05) is 0 Å². The van der Waals surface area contributed by atoms with Crippen molar-refractivity contribution in [2.45, 2.75) is 58.0 Å². The van der Waals surface area contributed by atoms with E-state index in [1.54, 1.807) is 6.08 Å². The van der Waals surface area contributed by atoms with Gasteiger partial charge in [-0.2, -0.15) is 0 Å². The highest BCUT2D eigenvalue weighted by atomic mass is 19.1. The van der Waals surface area contributed by atoms with Gasteiger partial charge in [-0.1, -0.05) is 56.7 Å². The number of allylic oxidation sites excluding steroid dienone is 2. The molecule has 0 radical (unpaired) electrons. The number of alkyl halides is 1. The second-order valence-electron chi connectivity index (χ2n) is 6.43. The van der Waals surface area contributed by atoms with Gasteiger partial charge >= 0.3 is 0 Å². The van der Waals surface area contributed by atoms with Gasteiger partial charge in [-0.25, -0.2) is 4.39 Å². The van der Waals surface area contributed by atoms with Crippen LogP contribution in [-0.2, 0) is 6.42 Å². The molecule has 2 rings (SSSR count). The Morgan fingerprint density at radius 2 is 1.90 bits per heavy atom. The molecule has 0 fully saturated rings.